The molecule has 0 aromatic carbocycles. The van der Waals surface area contributed by atoms with Crippen molar-refractivity contribution in [2.45, 2.75) is 45.7 Å². The molecule has 1 aliphatic heterocycles. The largest absolute Gasteiger partial charge is 0.377 e. The van der Waals surface area contributed by atoms with E-state index in [9.17, 15) is 0 Å². The molecule has 5 heteroatoms. The second-order valence-corrected chi connectivity index (χ2v) is 5.94. The van der Waals surface area contributed by atoms with Crippen LogP contribution >= 0.6 is 0 Å². The van der Waals surface area contributed by atoms with E-state index >= 15 is 0 Å². The Morgan fingerprint density at radius 3 is 2.85 bits per heavy atom. The zero-order chi connectivity index (χ0) is 14.5. The summed E-state index contributed by atoms with van der Waals surface area (Å²) < 4.78 is 5.62. The number of morpholine rings is 1. The fourth-order valence-corrected chi connectivity index (χ4v) is 2.33. The summed E-state index contributed by atoms with van der Waals surface area (Å²) in [5.41, 5.74) is 1.09. The van der Waals surface area contributed by atoms with Crippen LogP contribution in [0.1, 0.15) is 39.3 Å². The van der Waals surface area contributed by atoms with Crippen LogP contribution < -0.4 is 10.2 Å². The Morgan fingerprint density at radius 2 is 2.15 bits per heavy atom. The van der Waals surface area contributed by atoms with Gasteiger partial charge in [0.25, 0.3) is 0 Å². The van der Waals surface area contributed by atoms with Crippen molar-refractivity contribution in [3.05, 3.63) is 18.1 Å². The summed E-state index contributed by atoms with van der Waals surface area (Å²) in [5, 5.41) is 3.49. The molecule has 2 rings (SSSR count). The van der Waals surface area contributed by atoms with Crippen LogP contribution in [0.3, 0.4) is 0 Å². The molecule has 1 N–H and O–H groups in total. The van der Waals surface area contributed by atoms with Crippen LogP contribution in [-0.4, -0.2) is 48.4 Å². The van der Waals surface area contributed by atoms with E-state index in [0.717, 1.165) is 37.8 Å². The first kappa shape index (κ1) is 15.2. The number of nitrogens with zero attached hydrogens (tertiary/aromatic N) is 3. The standard InChI is InChI=1S/C15H26N4O/c1-11(2)14-7-15(18-10-17-14)19-5-6-20-9-13(19)8-16-12(3)4/h7,10-13,16H,5-6,8-9H2,1-4H3. The van der Waals surface area contributed by atoms with Gasteiger partial charge in [-0.05, 0) is 5.92 Å². The Labute approximate surface area is 121 Å². The van der Waals surface area contributed by atoms with E-state index in [2.05, 4.69) is 53.9 Å². The average Bonchev–Trinajstić information content (AvgIpc) is 2.45. The molecule has 0 amide bonds. The van der Waals surface area contributed by atoms with Crippen molar-refractivity contribution in [1.82, 2.24) is 15.3 Å². The summed E-state index contributed by atoms with van der Waals surface area (Å²) in [5.74, 6) is 1.44. The lowest BCUT2D eigenvalue weighted by atomic mass is 10.1. The third-order valence-corrected chi connectivity index (χ3v) is 3.55. The second-order valence-electron chi connectivity index (χ2n) is 5.94. The van der Waals surface area contributed by atoms with E-state index in [4.69, 9.17) is 4.74 Å². The van der Waals surface area contributed by atoms with Gasteiger partial charge in [0, 0.05) is 30.9 Å². The molecular formula is C15H26N4O. The monoisotopic (exact) mass is 278 g/mol. The quantitative estimate of drug-likeness (QED) is 0.890. The van der Waals surface area contributed by atoms with Gasteiger partial charge in [-0.3, -0.25) is 0 Å². The molecule has 1 fully saturated rings. The molecule has 20 heavy (non-hydrogen) atoms. The van der Waals surface area contributed by atoms with Gasteiger partial charge >= 0.3 is 0 Å². The molecule has 1 aliphatic rings. The minimum Gasteiger partial charge on any atom is -0.377 e. The van der Waals surface area contributed by atoms with Crippen LogP contribution in [0.4, 0.5) is 5.82 Å². The van der Waals surface area contributed by atoms with E-state index in [1.54, 1.807) is 6.33 Å². The fourth-order valence-electron chi connectivity index (χ4n) is 2.33. The van der Waals surface area contributed by atoms with E-state index in [1.807, 2.05) is 0 Å². The minimum atomic E-state index is 0.334. The summed E-state index contributed by atoms with van der Waals surface area (Å²) in [4.78, 5) is 11.1. The average molecular weight is 278 g/mol. The first-order valence-electron chi connectivity index (χ1n) is 7.47. The highest BCUT2D eigenvalue weighted by atomic mass is 16.5. The van der Waals surface area contributed by atoms with Gasteiger partial charge in [-0.25, -0.2) is 9.97 Å². The fraction of sp³-hybridized carbons (Fsp3) is 0.733. The Morgan fingerprint density at radius 1 is 1.35 bits per heavy atom. The number of ether oxygens (including phenoxy) is 1. The smallest absolute Gasteiger partial charge is 0.132 e. The van der Waals surface area contributed by atoms with Crippen LogP contribution in [0, 0.1) is 0 Å². The number of rotatable bonds is 5. The van der Waals surface area contributed by atoms with Crippen molar-refractivity contribution in [3.8, 4) is 0 Å². The number of anilines is 1. The number of nitrogens with one attached hydrogen (secondary N) is 1. The van der Waals surface area contributed by atoms with Crippen LogP contribution in [0.5, 0.6) is 0 Å². The lowest BCUT2D eigenvalue weighted by Gasteiger charge is -2.37. The lowest BCUT2D eigenvalue weighted by Crippen LogP contribution is -2.51. The Hall–Kier alpha value is -1.20. The molecule has 5 nitrogen and oxygen atoms in total. The molecule has 1 atom stereocenters. The molecular weight excluding hydrogens is 252 g/mol. The third-order valence-electron chi connectivity index (χ3n) is 3.55. The summed E-state index contributed by atoms with van der Waals surface area (Å²) in [6.45, 7) is 12.0. The molecule has 112 valence electrons. The summed E-state index contributed by atoms with van der Waals surface area (Å²) in [6, 6.07) is 2.93. The normalized spacial score (nSPS) is 19.9. The molecule has 2 heterocycles. The van der Waals surface area contributed by atoms with E-state index < -0.39 is 0 Å². The maximum Gasteiger partial charge on any atom is 0.132 e. The zero-order valence-electron chi connectivity index (χ0n) is 13.0. The topological polar surface area (TPSA) is 50.3 Å². The number of hydrogen-bond donors (Lipinski definition) is 1. The van der Waals surface area contributed by atoms with Gasteiger partial charge in [-0.2, -0.15) is 0 Å². The lowest BCUT2D eigenvalue weighted by molar-refractivity contribution is 0.0927. The predicted molar refractivity (Wildman–Crippen MR) is 81.2 cm³/mol. The molecule has 0 bridgehead atoms. The van der Waals surface area contributed by atoms with Crippen molar-refractivity contribution >= 4 is 5.82 Å². The minimum absolute atomic E-state index is 0.334. The Kier molecular flexibility index (Phi) is 5.31. The van der Waals surface area contributed by atoms with Crippen LogP contribution in [0.2, 0.25) is 0 Å². The highest BCUT2D eigenvalue weighted by molar-refractivity contribution is 5.41. The molecule has 0 radical (unpaired) electrons. The number of aromatic nitrogens is 2. The van der Waals surface area contributed by atoms with Gasteiger partial charge in [-0.1, -0.05) is 27.7 Å². The first-order valence-corrected chi connectivity index (χ1v) is 7.47. The molecule has 0 spiro atoms. The van der Waals surface area contributed by atoms with Crippen molar-refractivity contribution < 1.29 is 4.74 Å². The van der Waals surface area contributed by atoms with Crippen molar-refractivity contribution in [1.29, 1.82) is 0 Å². The van der Waals surface area contributed by atoms with E-state index in [0.29, 0.717) is 18.0 Å². The maximum atomic E-state index is 5.62. The van der Waals surface area contributed by atoms with Crippen LogP contribution in [0.15, 0.2) is 12.4 Å². The predicted octanol–water partition coefficient (Wildman–Crippen LogP) is 1.80. The first-order chi connectivity index (χ1) is 9.58. The van der Waals surface area contributed by atoms with E-state index in [-0.39, 0.29) is 0 Å². The molecule has 1 unspecified atom stereocenters. The zero-order valence-corrected chi connectivity index (χ0v) is 13.0. The summed E-state index contributed by atoms with van der Waals surface area (Å²) >= 11 is 0. The molecule has 1 aromatic heterocycles. The van der Waals surface area contributed by atoms with Crippen LogP contribution in [-0.2, 0) is 4.74 Å². The summed E-state index contributed by atoms with van der Waals surface area (Å²) in [7, 11) is 0. The van der Waals surface area contributed by atoms with Crippen molar-refractivity contribution in [2.75, 3.05) is 31.2 Å². The van der Waals surface area contributed by atoms with Gasteiger partial charge in [-0.15, -0.1) is 0 Å². The van der Waals surface area contributed by atoms with Crippen molar-refractivity contribution in [3.63, 3.8) is 0 Å². The van der Waals surface area contributed by atoms with Crippen LogP contribution in [0.25, 0.3) is 0 Å². The molecule has 1 saturated heterocycles. The van der Waals surface area contributed by atoms with E-state index in [1.165, 1.54) is 0 Å². The number of hydrogen-bond acceptors (Lipinski definition) is 5. The maximum absolute atomic E-state index is 5.62. The van der Waals surface area contributed by atoms with Gasteiger partial charge in [0.15, 0.2) is 0 Å². The highest BCUT2D eigenvalue weighted by Gasteiger charge is 2.24. The Bertz CT molecular complexity index is 422. The SMILES string of the molecule is CC(C)NCC1COCCN1c1cc(C(C)C)ncn1. The van der Waals surface area contributed by atoms with Gasteiger partial charge in [0.2, 0.25) is 0 Å². The van der Waals surface area contributed by atoms with Crippen molar-refractivity contribution in [2.24, 2.45) is 0 Å². The second kappa shape index (κ2) is 6.99. The van der Waals surface area contributed by atoms with Gasteiger partial charge in [0.05, 0.1) is 19.3 Å². The molecule has 1 aromatic rings. The van der Waals surface area contributed by atoms with Gasteiger partial charge < -0.3 is 15.0 Å². The molecule has 0 aliphatic carbocycles. The Balaban J connectivity index is 2.12. The van der Waals surface area contributed by atoms with Gasteiger partial charge in [0.1, 0.15) is 12.1 Å². The highest BCUT2D eigenvalue weighted by Crippen LogP contribution is 2.20. The summed E-state index contributed by atoms with van der Waals surface area (Å²) in [6.07, 6.45) is 1.67. The molecule has 0 saturated carbocycles. The third kappa shape index (κ3) is 3.90.